The summed E-state index contributed by atoms with van der Waals surface area (Å²) in [6.45, 7) is 11.9. The first-order chi connectivity index (χ1) is 30.6. The van der Waals surface area contributed by atoms with Gasteiger partial charge < -0.3 is 29.2 Å². The summed E-state index contributed by atoms with van der Waals surface area (Å²) in [5.74, 6) is -0.0929. The Morgan fingerprint density at radius 1 is 0.453 bits per heavy atom. The van der Waals surface area contributed by atoms with Crippen LogP contribution in [0.15, 0.2) is 24.3 Å². The van der Waals surface area contributed by atoms with Gasteiger partial charge in [-0.3, -0.25) is 18.0 Å². The van der Waals surface area contributed by atoms with Gasteiger partial charge in [-0.25, -0.2) is 16.8 Å². The number of carbonyl (C=O) groups is 2. The van der Waals surface area contributed by atoms with Gasteiger partial charge in [0, 0.05) is 25.7 Å². The largest absolute Gasteiger partial charge is 0.726 e. The Balaban J connectivity index is -0.00000270. The second kappa shape index (κ2) is 50.5. The van der Waals surface area contributed by atoms with Gasteiger partial charge in [-0.2, -0.15) is 0 Å². The maximum absolute atomic E-state index is 12.1. The minimum Gasteiger partial charge on any atom is -0.726 e. The van der Waals surface area contributed by atoms with E-state index in [-0.39, 0.29) is 11.9 Å². The number of esters is 2. The van der Waals surface area contributed by atoms with E-state index in [0.717, 1.165) is 65.8 Å². The van der Waals surface area contributed by atoms with Gasteiger partial charge in [0.2, 0.25) is 20.8 Å². The minimum absolute atomic E-state index is 0.0464. The fourth-order valence-electron chi connectivity index (χ4n) is 6.50. The van der Waals surface area contributed by atoms with Crippen molar-refractivity contribution in [1.29, 1.82) is 0 Å². The number of hydrogen-bond donors (Lipinski definition) is 2. The molecule has 0 aromatic rings. The second-order valence-corrected chi connectivity index (χ2v) is 19.2. The highest BCUT2D eigenvalue weighted by Gasteiger charge is 2.11. The van der Waals surface area contributed by atoms with Crippen molar-refractivity contribution in [2.75, 3.05) is 40.5 Å². The highest BCUT2D eigenvalue weighted by Crippen LogP contribution is 2.12. The molecule has 0 fully saturated rings. The van der Waals surface area contributed by atoms with Crippen molar-refractivity contribution >= 4 is 32.7 Å². The van der Waals surface area contributed by atoms with Gasteiger partial charge in [-0.05, 0) is 78.1 Å². The van der Waals surface area contributed by atoms with Gasteiger partial charge in [0.15, 0.2) is 0 Å². The lowest BCUT2D eigenvalue weighted by Crippen LogP contribution is -2.91. The summed E-state index contributed by atoms with van der Waals surface area (Å²) in [6, 6.07) is 0.587. The number of unbranched alkanes of at least 4 members (excludes halogenated alkanes) is 23. The van der Waals surface area contributed by atoms with Gasteiger partial charge in [-0.15, -0.1) is 0 Å². The normalized spacial score (nSPS) is 12.7. The SMILES string of the molecule is CCCCCCCC/C=C\CCCCCCCC(=O)OCC(C)[NH2+]CCCC[NH2+]C(C)COC(=O)CCCCCCC/C=C\CCCCCCCC.COS(=O)(=O)[O-].COS(=O)(=O)[O-]. The zero-order chi connectivity index (χ0) is 48.4. The third kappa shape index (κ3) is 64.4. The van der Waals surface area contributed by atoms with E-state index in [1.54, 1.807) is 0 Å². The van der Waals surface area contributed by atoms with E-state index in [0.29, 0.717) is 38.1 Å². The van der Waals surface area contributed by atoms with Crippen LogP contribution in [0, 0.1) is 0 Å². The fourth-order valence-corrected chi connectivity index (χ4v) is 6.50. The quantitative estimate of drug-likeness (QED) is 0.0192. The highest BCUT2D eigenvalue weighted by molar-refractivity contribution is 7.81. The van der Waals surface area contributed by atoms with Gasteiger partial charge >= 0.3 is 11.9 Å². The third-order valence-corrected chi connectivity index (χ3v) is 11.3. The van der Waals surface area contributed by atoms with Crippen LogP contribution in [-0.2, 0) is 48.2 Å². The first-order valence-corrected chi connectivity index (χ1v) is 27.6. The fraction of sp³-hybridized carbons (Fsp3) is 0.875. The van der Waals surface area contributed by atoms with Gasteiger partial charge in [0.05, 0.1) is 27.3 Å². The minimum atomic E-state index is -4.41. The number of ether oxygens (including phenoxy) is 2. The number of quaternary nitrogens is 2. The standard InChI is InChI=1S/C46H88N2O4.2CH4O4S/c1-5-7-9-11-13-15-17-19-21-23-25-27-29-31-33-37-45(49)51-41-43(3)47-39-35-36-40-48-44(4)42-52-46(50)38-34-32-30-28-26-24-22-20-18-16-14-12-10-8-6-2;2*1-5-6(2,3)4/h19-22,43-44,47-48H,5-18,23-42H2,1-4H3;2*1H3,(H,2,3,4)/b21-19-,22-20-;;. The van der Waals surface area contributed by atoms with Crippen LogP contribution in [0.1, 0.15) is 220 Å². The summed E-state index contributed by atoms with van der Waals surface area (Å²) in [4.78, 5) is 24.3. The topological polar surface area (TPSA) is 219 Å². The van der Waals surface area contributed by atoms with E-state index in [9.17, 15) is 35.5 Å². The molecule has 0 heterocycles. The predicted molar refractivity (Wildman–Crippen MR) is 256 cm³/mol. The molecule has 0 aromatic carbocycles. The molecule has 0 aliphatic carbocycles. The molecule has 0 rings (SSSR count). The van der Waals surface area contributed by atoms with Crippen molar-refractivity contribution in [2.45, 2.75) is 232 Å². The lowest BCUT2D eigenvalue weighted by atomic mass is 10.1. The van der Waals surface area contributed by atoms with Crippen LogP contribution >= 0.6 is 0 Å². The molecule has 0 saturated carbocycles. The summed E-state index contributed by atoms with van der Waals surface area (Å²) in [6.07, 6.45) is 45.7. The van der Waals surface area contributed by atoms with Crippen molar-refractivity contribution in [3.05, 3.63) is 24.3 Å². The molecule has 0 saturated heterocycles. The maximum Gasteiger partial charge on any atom is 0.306 e. The number of rotatable bonds is 43. The molecule has 0 spiro atoms. The first-order valence-electron chi connectivity index (χ1n) is 24.9. The molecule has 2 atom stereocenters. The Kier molecular flexibility index (Phi) is 52.3. The van der Waals surface area contributed by atoms with Crippen molar-refractivity contribution < 1.29 is 64.0 Å². The lowest BCUT2D eigenvalue weighted by molar-refractivity contribution is -0.696. The molecule has 0 aromatic heterocycles. The maximum atomic E-state index is 12.1. The van der Waals surface area contributed by atoms with Crippen LogP contribution in [0.4, 0.5) is 0 Å². The van der Waals surface area contributed by atoms with E-state index < -0.39 is 20.8 Å². The molecular formula is C48H96N2O12S2. The summed E-state index contributed by atoms with van der Waals surface area (Å²) in [5, 5.41) is 4.57. The van der Waals surface area contributed by atoms with Crippen LogP contribution in [0.3, 0.4) is 0 Å². The van der Waals surface area contributed by atoms with Crippen molar-refractivity contribution in [3.63, 3.8) is 0 Å². The van der Waals surface area contributed by atoms with Gasteiger partial charge in [0.1, 0.15) is 25.3 Å². The molecule has 382 valence electrons. The number of carbonyl (C=O) groups excluding carboxylic acids is 2. The van der Waals surface area contributed by atoms with Crippen molar-refractivity contribution in [3.8, 4) is 0 Å². The number of nitrogens with two attached hydrogens (primary N) is 2. The summed E-state index contributed by atoms with van der Waals surface area (Å²) in [5.41, 5.74) is 0. The molecule has 0 amide bonds. The molecular weight excluding hydrogens is 861 g/mol. The molecule has 0 bridgehead atoms. The van der Waals surface area contributed by atoms with E-state index in [1.165, 1.54) is 141 Å². The third-order valence-electron chi connectivity index (χ3n) is 10.5. The van der Waals surface area contributed by atoms with Crippen LogP contribution < -0.4 is 10.6 Å². The summed E-state index contributed by atoms with van der Waals surface area (Å²) in [7, 11) is -7.21. The molecule has 64 heavy (non-hydrogen) atoms. The van der Waals surface area contributed by atoms with Crippen molar-refractivity contribution in [1.82, 2.24) is 0 Å². The Hall–Kier alpha value is -1.92. The average molecular weight is 957 g/mol. The zero-order valence-corrected chi connectivity index (χ0v) is 43.0. The highest BCUT2D eigenvalue weighted by atomic mass is 32.3. The molecule has 0 radical (unpaired) electrons. The van der Waals surface area contributed by atoms with Gasteiger partial charge in [0.25, 0.3) is 0 Å². The van der Waals surface area contributed by atoms with E-state index in [1.807, 2.05) is 0 Å². The number of hydrogen-bond acceptors (Lipinski definition) is 12. The van der Waals surface area contributed by atoms with E-state index in [2.05, 4.69) is 71.0 Å². The Morgan fingerprint density at radius 2 is 0.703 bits per heavy atom. The van der Waals surface area contributed by atoms with E-state index in [4.69, 9.17) is 9.47 Å². The monoisotopic (exact) mass is 957 g/mol. The van der Waals surface area contributed by atoms with Crippen LogP contribution in [0.2, 0.25) is 0 Å². The lowest BCUT2D eigenvalue weighted by Gasteiger charge is -2.13. The summed E-state index contributed by atoms with van der Waals surface area (Å²) < 4.78 is 73.1. The average Bonchev–Trinajstić information content (AvgIpc) is 3.26. The second-order valence-electron chi connectivity index (χ2n) is 16.9. The molecule has 14 nitrogen and oxygen atoms in total. The zero-order valence-electron chi connectivity index (χ0n) is 41.4. The molecule has 2 unspecified atom stereocenters. The van der Waals surface area contributed by atoms with Crippen LogP contribution in [0.25, 0.3) is 0 Å². The molecule has 0 aliphatic heterocycles. The van der Waals surface area contributed by atoms with Crippen LogP contribution in [0.5, 0.6) is 0 Å². The molecule has 16 heteroatoms. The predicted octanol–water partition coefficient (Wildman–Crippen LogP) is 9.02. The van der Waals surface area contributed by atoms with E-state index >= 15 is 0 Å². The van der Waals surface area contributed by atoms with Crippen LogP contribution in [-0.4, -0.2) is 90.5 Å². The Morgan fingerprint density at radius 3 is 0.969 bits per heavy atom. The Bertz CT molecular complexity index is 1200. The van der Waals surface area contributed by atoms with Gasteiger partial charge in [-0.1, -0.05) is 141 Å². The summed E-state index contributed by atoms with van der Waals surface area (Å²) >= 11 is 0. The first kappa shape index (κ1) is 66.4. The van der Waals surface area contributed by atoms with Crippen molar-refractivity contribution in [2.24, 2.45) is 0 Å². The molecule has 0 aliphatic rings. The number of allylic oxidation sites excluding steroid dienone is 4. The smallest absolute Gasteiger partial charge is 0.306 e. The molecule has 4 N–H and O–H groups in total. The Labute approximate surface area is 392 Å².